The van der Waals surface area contributed by atoms with Gasteiger partial charge < -0.3 is 5.11 Å². The summed E-state index contributed by atoms with van der Waals surface area (Å²) < 4.78 is 1.53. The number of nitrogens with zero attached hydrogens (tertiary/aromatic N) is 5. The Morgan fingerprint density at radius 3 is 1.60 bits per heavy atom. The van der Waals surface area contributed by atoms with E-state index in [1.165, 1.54) is 38.9 Å². The van der Waals surface area contributed by atoms with Crippen LogP contribution in [0.25, 0.3) is 4.96 Å². The smallest absolute Gasteiger partial charge is 0.230 e. The third kappa shape index (κ3) is 4.23. The molecule has 0 aliphatic carbocycles. The number of hydrogen-bond acceptors (Lipinski definition) is 6. The molecule has 1 aliphatic heterocycles. The van der Waals surface area contributed by atoms with Gasteiger partial charge in [0.05, 0.1) is 17.0 Å². The molecule has 35 heavy (non-hydrogen) atoms. The quantitative estimate of drug-likeness (QED) is 0.370. The van der Waals surface area contributed by atoms with E-state index in [-0.39, 0.29) is 18.0 Å². The summed E-state index contributed by atoms with van der Waals surface area (Å²) >= 11 is 1.51. The van der Waals surface area contributed by atoms with Crippen molar-refractivity contribution in [3.05, 3.63) is 119 Å². The second-order valence-electron chi connectivity index (χ2n) is 8.85. The van der Waals surface area contributed by atoms with Crippen LogP contribution in [0.3, 0.4) is 0 Å². The third-order valence-electron chi connectivity index (χ3n) is 6.81. The van der Waals surface area contributed by atoms with Gasteiger partial charge in [-0.25, -0.2) is 4.98 Å². The molecule has 0 spiro atoms. The van der Waals surface area contributed by atoms with Gasteiger partial charge in [0.25, 0.3) is 0 Å². The van der Waals surface area contributed by atoms with Gasteiger partial charge in [0.2, 0.25) is 10.8 Å². The second kappa shape index (κ2) is 9.62. The molecule has 3 heterocycles. The van der Waals surface area contributed by atoms with Crippen LogP contribution in [0.4, 0.5) is 0 Å². The Morgan fingerprint density at radius 1 is 0.657 bits per heavy atom. The van der Waals surface area contributed by atoms with Crippen molar-refractivity contribution in [2.45, 2.75) is 12.1 Å². The molecule has 2 aromatic heterocycles. The number of benzene rings is 3. The van der Waals surface area contributed by atoms with Gasteiger partial charge in [-0.15, -0.1) is 0 Å². The number of aromatic nitrogens is 3. The lowest BCUT2D eigenvalue weighted by Crippen LogP contribution is -2.49. The van der Waals surface area contributed by atoms with E-state index < -0.39 is 0 Å². The number of rotatable bonds is 6. The highest BCUT2D eigenvalue weighted by Crippen LogP contribution is 2.40. The van der Waals surface area contributed by atoms with Crippen LogP contribution >= 0.6 is 11.3 Å². The number of thiazole rings is 1. The number of hydrogen-bond donors (Lipinski definition) is 1. The lowest BCUT2D eigenvalue weighted by atomic mass is 9.96. The first kappa shape index (κ1) is 22.0. The summed E-state index contributed by atoms with van der Waals surface area (Å²) in [6.45, 7) is 3.64. The monoisotopic (exact) mass is 481 g/mol. The van der Waals surface area contributed by atoms with Crippen LogP contribution in [-0.4, -0.2) is 55.7 Å². The first-order valence-electron chi connectivity index (χ1n) is 11.9. The Balaban J connectivity index is 1.30. The maximum absolute atomic E-state index is 11.0. The Kier molecular flexibility index (Phi) is 6.04. The van der Waals surface area contributed by atoms with Crippen molar-refractivity contribution in [3.8, 4) is 5.88 Å². The number of aromatic hydroxyl groups is 1. The van der Waals surface area contributed by atoms with Gasteiger partial charge >= 0.3 is 0 Å². The average molecular weight is 482 g/mol. The van der Waals surface area contributed by atoms with E-state index in [1.807, 2.05) is 6.07 Å². The summed E-state index contributed by atoms with van der Waals surface area (Å²) in [7, 11) is 0. The van der Waals surface area contributed by atoms with Crippen LogP contribution in [0.5, 0.6) is 5.88 Å². The highest BCUT2D eigenvalue weighted by atomic mass is 32.1. The molecule has 7 heteroatoms. The van der Waals surface area contributed by atoms with Crippen molar-refractivity contribution >= 4 is 16.3 Å². The minimum absolute atomic E-state index is 0.0428. The largest absolute Gasteiger partial charge is 0.492 e. The molecule has 6 nitrogen and oxygen atoms in total. The van der Waals surface area contributed by atoms with E-state index in [0.717, 1.165) is 31.1 Å². The average Bonchev–Trinajstić information content (AvgIpc) is 3.50. The molecule has 0 amide bonds. The molecular weight excluding hydrogens is 454 g/mol. The molecule has 1 aliphatic rings. The van der Waals surface area contributed by atoms with Crippen LogP contribution in [0, 0.1) is 0 Å². The zero-order valence-corrected chi connectivity index (χ0v) is 20.1. The first-order chi connectivity index (χ1) is 17.3. The fraction of sp³-hybridized carbons (Fsp3) is 0.214. The van der Waals surface area contributed by atoms with Gasteiger partial charge in [-0.3, -0.25) is 9.80 Å². The lowest BCUT2D eigenvalue weighted by molar-refractivity contribution is 0.0899. The van der Waals surface area contributed by atoms with E-state index in [1.54, 1.807) is 0 Å². The number of piperazine rings is 1. The molecule has 3 aromatic carbocycles. The maximum atomic E-state index is 11.0. The minimum Gasteiger partial charge on any atom is -0.492 e. The molecule has 1 atom stereocenters. The second-order valence-corrected chi connectivity index (χ2v) is 9.86. The van der Waals surface area contributed by atoms with E-state index in [4.69, 9.17) is 0 Å². The summed E-state index contributed by atoms with van der Waals surface area (Å²) in [6.07, 6.45) is 1.49. The summed E-state index contributed by atoms with van der Waals surface area (Å²) in [6, 6.07) is 32.2. The normalized spacial score (nSPS) is 16.1. The summed E-state index contributed by atoms with van der Waals surface area (Å²) in [4.78, 5) is 11.0. The molecule has 1 unspecified atom stereocenters. The fourth-order valence-electron chi connectivity index (χ4n) is 5.17. The van der Waals surface area contributed by atoms with Crippen LogP contribution in [0.1, 0.15) is 33.7 Å². The Morgan fingerprint density at radius 2 is 1.11 bits per heavy atom. The van der Waals surface area contributed by atoms with Gasteiger partial charge in [-0.2, -0.15) is 9.61 Å². The lowest BCUT2D eigenvalue weighted by Gasteiger charge is -2.42. The zero-order valence-electron chi connectivity index (χ0n) is 19.3. The summed E-state index contributed by atoms with van der Waals surface area (Å²) in [5.41, 5.74) is 3.80. The van der Waals surface area contributed by atoms with Crippen LogP contribution in [0.15, 0.2) is 97.3 Å². The SMILES string of the molecule is Oc1c(C(c2ccccc2)N2CCN(C(c3ccccc3)c3ccccc3)CC2)sc2ncnn12. The first-order valence-corrected chi connectivity index (χ1v) is 12.8. The summed E-state index contributed by atoms with van der Waals surface area (Å²) in [5.74, 6) is 0.185. The van der Waals surface area contributed by atoms with E-state index in [9.17, 15) is 5.11 Å². The van der Waals surface area contributed by atoms with Crippen molar-refractivity contribution in [1.82, 2.24) is 24.4 Å². The van der Waals surface area contributed by atoms with Crippen molar-refractivity contribution in [3.63, 3.8) is 0 Å². The predicted molar refractivity (Wildman–Crippen MR) is 139 cm³/mol. The molecule has 1 fully saturated rings. The third-order valence-corrected chi connectivity index (χ3v) is 7.90. The molecule has 1 saturated heterocycles. The van der Waals surface area contributed by atoms with Crippen molar-refractivity contribution in [2.24, 2.45) is 0 Å². The Bertz CT molecular complexity index is 1340. The van der Waals surface area contributed by atoms with E-state index in [0.29, 0.717) is 4.96 Å². The van der Waals surface area contributed by atoms with Crippen molar-refractivity contribution in [1.29, 1.82) is 0 Å². The van der Waals surface area contributed by atoms with Crippen molar-refractivity contribution < 1.29 is 5.11 Å². The maximum Gasteiger partial charge on any atom is 0.230 e. The van der Waals surface area contributed by atoms with E-state index in [2.05, 4.69) is 105 Å². The summed E-state index contributed by atoms with van der Waals surface area (Å²) in [5, 5.41) is 15.2. The minimum atomic E-state index is -0.0428. The Labute approximate surface area is 208 Å². The molecule has 0 saturated carbocycles. The highest BCUT2D eigenvalue weighted by molar-refractivity contribution is 7.17. The number of fused-ring (bicyclic) bond motifs is 1. The van der Waals surface area contributed by atoms with Crippen LogP contribution in [-0.2, 0) is 0 Å². The van der Waals surface area contributed by atoms with Crippen LogP contribution in [0.2, 0.25) is 0 Å². The van der Waals surface area contributed by atoms with Crippen molar-refractivity contribution in [2.75, 3.05) is 26.2 Å². The predicted octanol–water partition coefficient (Wildman–Crippen LogP) is 4.99. The molecule has 6 rings (SSSR count). The molecular formula is C28H27N5OS. The van der Waals surface area contributed by atoms with Gasteiger partial charge in [-0.1, -0.05) is 102 Å². The van der Waals surface area contributed by atoms with Crippen LogP contribution < -0.4 is 0 Å². The molecule has 0 bridgehead atoms. The molecule has 176 valence electrons. The molecule has 1 N–H and O–H groups in total. The standard InChI is InChI=1S/C28H27N5OS/c34-27-26(35-28-29-20-30-33(27)28)25(23-14-8-3-9-15-23)32-18-16-31(17-19-32)24(21-10-4-1-5-11-21)22-12-6-2-7-13-22/h1-15,20,24-25,34H,16-19H2. The molecule has 5 aromatic rings. The Hall–Kier alpha value is -3.52. The topological polar surface area (TPSA) is 56.9 Å². The van der Waals surface area contributed by atoms with Gasteiger partial charge in [0.1, 0.15) is 6.33 Å². The van der Waals surface area contributed by atoms with Gasteiger partial charge in [0, 0.05) is 26.2 Å². The fourth-order valence-corrected chi connectivity index (χ4v) is 6.27. The van der Waals surface area contributed by atoms with Gasteiger partial charge in [0.15, 0.2) is 0 Å². The highest BCUT2D eigenvalue weighted by Gasteiger charge is 2.33. The van der Waals surface area contributed by atoms with E-state index >= 15 is 0 Å². The van der Waals surface area contributed by atoms with Gasteiger partial charge in [-0.05, 0) is 16.7 Å². The zero-order chi connectivity index (χ0) is 23.6. The molecule has 0 radical (unpaired) electrons.